The lowest BCUT2D eigenvalue weighted by Crippen LogP contribution is -2.29. The van der Waals surface area contributed by atoms with Crippen molar-refractivity contribution < 1.29 is 37.6 Å². The molecule has 0 spiro atoms. The molecule has 0 aliphatic rings. The van der Waals surface area contributed by atoms with Gasteiger partial charge in [-0.1, -0.05) is 239 Å². The van der Waals surface area contributed by atoms with Crippen LogP contribution in [0.3, 0.4) is 0 Å². The molecule has 0 radical (unpaired) electrons. The molecule has 334 valence electrons. The minimum Gasteiger partial charge on any atom is -0.462 e. The van der Waals surface area contributed by atoms with Gasteiger partial charge < -0.3 is 14.4 Å². The zero-order valence-electron chi connectivity index (χ0n) is 37.3. The first-order valence-corrected chi connectivity index (χ1v) is 25.7. The molecule has 0 amide bonds. The first-order chi connectivity index (χ1) is 27.3. The van der Waals surface area contributed by atoms with Crippen molar-refractivity contribution >= 4 is 19.8 Å². The van der Waals surface area contributed by atoms with Gasteiger partial charge in [0.1, 0.15) is 6.61 Å². The molecule has 2 atom stereocenters. The van der Waals surface area contributed by atoms with Gasteiger partial charge in [0, 0.05) is 20.0 Å². The van der Waals surface area contributed by atoms with Crippen LogP contribution in [0, 0.1) is 0 Å². The summed E-state index contributed by atoms with van der Waals surface area (Å²) in [4.78, 5) is 34.6. The van der Waals surface area contributed by atoms with E-state index in [1.807, 2.05) is 0 Å². The summed E-state index contributed by atoms with van der Waals surface area (Å²) in [6, 6.07) is 0. The molecule has 9 heteroatoms. The smallest absolute Gasteiger partial charge is 0.462 e. The highest BCUT2D eigenvalue weighted by Crippen LogP contribution is 2.42. The third kappa shape index (κ3) is 42.7. The van der Waals surface area contributed by atoms with Crippen molar-refractivity contribution in [3.05, 3.63) is 0 Å². The van der Waals surface area contributed by atoms with E-state index in [1.165, 1.54) is 199 Å². The summed E-state index contributed by atoms with van der Waals surface area (Å²) in [5.41, 5.74) is 0. The highest BCUT2D eigenvalue weighted by molar-refractivity contribution is 7.47. The fraction of sp³-hybridized carbons (Fsp3) is 0.957. The van der Waals surface area contributed by atoms with E-state index in [1.54, 1.807) is 0 Å². The first kappa shape index (κ1) is 55.0. The number of unbranched alkanes of at least 4 members (excludes halogenated alkanes) is 35. The maximum absolute atomic E-state index is 12.5. The van der Waals surface area contributed by atoms with E-state index in [0.29, 0.717) is 6.42 Å². The van der Waals surface area contributed by atoms with Crippen LogP contribution in [0.25, 0.3) is 0 Å². The predicted octanol–water partition coefficient (Wildman–Crippen LogP) is 15.5. The Morgan fingerprint density at radius 1 is 0.429 bits per heavy atom. The summed E-state index contributed by atoms with van der Waals surface area (Å²) in [5.74, 6) is -0.782. The van der Waals surface area contributed by atoms with E-state index in [9.17, 15) is 19.0 Å². The monoisotopic (exact) mass is 817 g/mol. The van der Waals surface area contributed by atoms with Crippen LogP contribution in [0.4, 0.5) is 0 Å². The molecule has 0 aliphatic carbocycles. The molecular weight excluding hydrogens is 723 g/mol. The number of esters is 2. The van der Waals surface area contributed by atoms with Crippen LogP contribution in [0.5, 0.6) is 0 Å². The van der Waals surface area contributed by atoms with E-state index in [0.717, 1.165) is 45.6 Å². The minimum absolute atomic E-state index is 0.216. The van der Waals surface area contributed by atoms with E-state index >= 15 is 0 Å². The van der Waals surface area contributed by atoms with Crippen LogP contribution in [-0.2, 0) is 32.7 Å². The van der Waals surface area contributed by atoms with Crippen molar-refractivity contribution in [3.8, 4) is 0 Å². The number of hydrogen-bond acceptors (Lipinski definition) is 7. The molecule has 2 unspecified atom stereocenters. The quantitative estimate of drug-likeness (QED) is 0.0368. The van der Waals surface area contributed by atoms with Crippen LogP contribution < -0.4 is 0 Å². The van der Waals surface area contributed by atoms with Crippen LogP contribution in [0.15, 0.2) is 0 Å². The van der Waals surface area contributed by atoms with Crippen LogP contribution in [0.2, 0.25) is 0 Å². The lowest BCUT2D eigenvalue weighted by Gasteiger charge is -2.19. The van der Waals surface area contributed by atoms with Gasteiger partial charge in [-0.25, -0.2) is 4.57 Å². The normalized spacial score (nSPS) is 13.1. The van der Waals surface area contributed by atoms with Gasteiger partial charge in [-0.2, -0.15) is 0 Å². The minimum atomic E-state index is -4.26. The molecule has 0 aromatic rings. The maximum atomic E-state index is 12.5. The molecule has 0 fully saturated rings. The Hall–Kier alpha value is -0.950. The number of carbonyl (C=O) groups is 2. The Kier molecular flexibility index (Phi) is 42.9. The van der Waals surface area contributed by atoms with Gasteiger partial charge in [0.2, 0.25) is 0 Å². The molecule has 0 aromatic heterocycles. The SMILES string of the molecule is CCCCCCCCCCCCCCCCCCCCCCC(=O)OC(COC(=O)CCCCCCCCCCCCCCCCCCC)COP(=O)(O)OC. The number of carbonyl (C=O) groups excluding carboxylic acids is 2. The molecule has 0 aromatic carbocycles. The Balaban J connectivity index is 3.87. The largest absolute Gasteiger partial charge is 0.472 e. The average molecular weight is 817 g/mol. The van der Waals surface area contributed by atoms with E-state index in [4.69, 9.17) is 14.0 Å². The molecule has 0 saturated heterocycles. The molecule has 0 saturated carbocycles. The topological polar surface area (TPSA) is 108 Å². The van der Waals surface area contributed by atoms with Gasteiger partial charge in [-0.15, -0.1) is 0 Å². The first-order valence-electron chi connectivity index (χ1n) is 24.2. The number of phosphoric ester groups is 1. The summed E-state index contributed by atoms with van der Waals surface area (Å²) in [6.45, 7) is 3.94. The van der Waals surface area contributed by atoms with Gasteiger partial charge in [-0.05, 0) is 12.8 Å². The summed E-state index contributed by atoms with van der Waals surface area (Å²) < 4.78 is 32.1. The highest BCUT2D eigenvalue weighted by atomic mass is 31.2. The van der Waals surface area contributed by atoms with Crippen LogP contribution >= 0.6 is 7.82 Å². The Labute approximate surface area is 347 Å². The standard InChI is InChI=1S/C47H93O8P/c1-4-6-8-10-12-14-16-18-20-22-23-24-26-28-30-32-34-36-38-40-42-47(49)55-45(44-54-56(50,51)52-3)43-53-46(48)41-39-37-35-33-31-29-27-25-21-19-17-15-13-11-9-7-5-2/h45H,4-44H2,1-3H3,(H,50,51). The Morgan fingerprint density at radius 3 is 0.982 bits per heavy atom. The summed E-state index contributed by atoms with van der Waals surface area (Å²) in [7, 11) is -3.19. The third-order valence-corrected chi connectivity index (χ3v) is 12.0. The fourth-order valence-corrected chi connectivity index (χ4v) is 7.83. The summed E-state index contributed by atoms with van der Waals surface area (Å²) in [6.07, 6.45) is 47.3. The second kappa shape index (κ2) is 43.6. The van der Waals surface area contributed by atoms with E-state index in [-0.39, 0.29) is 25.6 Å². The molecule has 56 heavy (non-hydrogen) atoms. The van der Waals surface area contributed by atoms with Gasteiger partial charge >= 0.3 is 19.8 Å². The van der Waals surface area contributed by atoms with Crippen LogP contribution in [0.1, 0.15) is 264 Å². The fourth-order valence-electron chi connectivity index (χ4n) is 7.37. The zero-order chi connectivity index (χ0) is 41.1. The average Bonchev–Trinajstić information content (AvgIpc) is 3.19. The summed E-state index contributed by atoms with van der Waals surface area (Å²) >= 11 is 0. The lowest BCUT2D eigenvalue weighted by molar-refractivity contribution is -0.161. The maximum Gasteiger partial charge on any atom is 0.472 e. The Morgan fingerprint density at radius 2 is 0.696 bits per heavy atom. The van der Waals surface area contributed by atoms with Gasteiger partial charge in [0.25, 0.3) is 0 Å². The predicted molar refractivity (Wildman–Crippen MR) is 235 cm³/mol. The number of phosphoric acid groups is 1. The van der Waals surface area contributed by atoms with Crippen molar-refractivity contribution in [2.45, 2.75) is 270 Å². The van der Waals surface area contributed by atoms with Crippen molar-refractivity contribution in [3.63, 3.8) is 0 Å². The molecule has 0 bridgehead atoms. The number of ether oxygens (including phenoxy) is 2. The molecule has 0 heterocycles. The highest BCUT2D eigenvalue weighted by Gasteiger charge is 2.24. The number of hydrogen-bond donors (Lipinski definition) is 1. The molecule has 1 N–H and O–H groups in total. The van der Waals surface area contributed by atoms with E-state index in [2.05, 4.69) is 18.4 Å². The molecule has 0 rings (SSSR count). The van der Waals surface area contributed by atoms with Gasteiger partial charge in [-0.3, -0.25) is 18.6 Å². The molecule has 0 aliphatic heterocycles. The molecular formula is C47H93O8P. The second-order valence-electron chi connectivity index (χ2n) is 16.6. The van der Waals surface area contributed by atoms with Crippen molar-refractivity contribution in [2.75, 3.05) is 20.3 Å². The lowest BCUT2D eigenvalue weighted by atomic mass is 10.0. The van der Waals surface area contributed by atoms with Crippen molar-refractivity contribution in [1.82, 2.24) is 0 Å². The van der Waals surface area contributed by atoms with E-state index < -0.39 is 19.9 Å². The Bertz CT molecular complexity index is 884. The molecule has 8 nitrogen and oxygen atoms in total. The van der Waals surface area contributed by atoms with Gasteiger partial charge in [0.05, 0.1) is 6.61 Å². The number of rotatable bonds is 46. The summed E-state index contributed by atoms with van der Waals surface area (Å²) in [5, 5.41) is 0. The van der Waals surface area contributed by atoms with Crippen molar-refractivity contribution in [1.29, 1.82) is 0 Å². The van der Waals surface area contributed by atoms with Crippen LogP contribution in [-0.4, -0.2) is 43.3 Å². The second-order valence-corrected chi connectivity index (χ2v) is 18.2. The van der Waals surface area contributed by atoms with Crippen molar-refractivity contribution in [2.24, 2.45) is 0 Å². The third-order valence-electron chi connectivity index (χ3n) is 11.1. The van der Waals surface area contributed by atoms with Gasteiger partial charge in [0.15, 0.2) is 6.10 Å². The zero-order valence-corrected chi connectivity index (χ0v) is 38.2.